The molecule has 0 saturated heterocycles. The topological polar surface area (TPSA) is 91.4 Å². The fraction of sp³-hybridized carbons (Fsp3) is 0.154. The third kappa shape index (κ3) is 1.59. The summed E-state index contributed by atoms with van der Waals surface area (Å²) in [7, 11) is 0. The minimum absolute atomic E-state index is 0.0763. The number of hydrogen-bond acceptors (Lipinski definition) is 6. The second-order valence-corrected chi connectivity index (χ2v) is 4.61. The number of hydrogen-bond donors (Lipinski definition) is 0. The van der Waals surface area contributed by atoms with Crippen LogP contribution < -0.4 is 10.9 Å². The maximum Gasteiger partial charge on any atom is 0.304 e. The number of imidazole rings is 2. The molecule has 0 spiro atoms. The SMILES string of the molecule is CC(=O)OCn1cnc2c1c(=O)nc1nc3c(n12)=CC=C3. The number of aromatic nitrogens is 5. The summed E-state index contributed by atoms with van der Waals surface area (Å²) >= 11 is 0. The minimum atomic E-state index is -0.449. The highest BCUT2D eigenvalue weighted by molar-refractivity contribution is 5.75. The van der Waals surface area contributed by atoms with Crippen LogP contribution in [0.15, 0.2) is 17.2 Å². The molecule has 3 heterocycles. The van der Waals surface area contributed by atoms with E-state index in [0.29, 0.717) is 11.4 Å². The summed E-state index contributed by atoms with van der Waals surface area (Å²) in [4.78, 5) is 35.6. The Morgan fingerprint density at radius 1 is 1.38 bits per heavy atom. The van der Waals surface area contributed by atoms with Gasteiger partial charge in [-0.2, -0.15) is 4.98 Å². The van der Waals surface area contributed by atoms with Crippen LogP contribution >= 0.6 is 0 Å². The summed E-state index contributed by atoms with van der Waals surface area (Å²) < 4.78 is 8.09. The second kappa shape index (κ2) is 3.98. The van der Waals surface area contributed by atoms with Gasteiger partial charge in [-0.3, -0.25) is 18.6 Å². The molecular formula is C13H9N5O3. The van der Waals surface area contributed by atoms with Crippen molar-refractivity contribution in [1.29, 1.82) is 0 Å². The fourth-order valence-electron chi connectivity index (χ4n) is 2.39. The molecule has 0 bridgehead atoms. The summed E-state index contributed by atoms with van der Waals surface area (Å²) in [5.41, 5.74) is 1.04. The van der Waals surface area contributed by atoms with Crippen LogP contribution in [0.25, 0.3) is 29.1 Å². The lowest BCUT2D eigenvalue weighted by Gasteiger charge is -2.03. The van der Waals surface area contributed by atoms with Crippen LogP contribution in [0.3, 0.4) is 0 Å². The van der Waals surface area contributed by atoms with Gasteiger partial charge in [0, 0.05) is 6.92 Å². The molecule has 104 valence electrons. The van der Waals surface area contributed by atoms with E-state index in [9.17, 15) is 9.59 Å². The monoisotopic (exact) mass is 283 g/mol. The van der Waals surface area contributed by atoms with Gasteiger partial charge >= 0.3 is 11.5 Å². The van der Waals surface area contributed by atoms with Crippen molar-refractivity contribution in [2.24, 2.45) is 0 Å². The van der Waals surface area contributed by atoms with E-state index in [0.717, 1.165) is 11.0 Å². The van der Waals surface area contributed by atoms with Crippen molar-refractivity contribution in [1.82, 2.24) is 23.9 Å². The molecule has 0 atom stereocenters. The number of rotatable bonds is 2. The standard InChI is InChI=1S/C13H9N5O3/c1-7(19)21-6-17-5-14-11-10(17)12(20)16-13-15-8-3-2-4-9(8)18(11)13/h2-5H,6H2,1H3. The number of nitrogens with zero attached hydrogens (tertiary/aromatic N) is 5. The molecule has 0 fully saturated rings. The van der Waals surface area contributed by atoms with Gasteiger partial charge in [-0.1, -0.05) is 6.08 Å². The highest BCUT2D eigenvalue weighted by Crippen LogP contribution is 2.11. The van der Waals surface area contributed by atoms with Gasteiger partial charge in [-0.15, -0.1) is 0 Å². The summed E-state index contributed by atoms with van der Waals surface area (Å²) in [6, 6.07) is 0. The van der Waals surface area contributed by atoms with E-state index < -0.39 is 11.5 Å². The fourth-order valence-corrected chi connectivity index (χ4v) is 2.39. The smallest absolute Gasteiger partial charge is 0.304 e. The number of carbonyl (C=O) groups is 1. The van der Waals surface area contributed by atoms with Gasteiger partial charge in [0.15, 0.2) is 17.9 Å². The van der Waals surface area contributed by atoms with Gasteiger partial charge < -0.3 is 4.74 Å². The zero-order valence-corrected chi connectivity index (χ0v) is 11.0. The van der Waals surface area contributed by atoms with Gasteiger partial charge in [0.1, 0.15) is 6.33 Å². The summed E-state index contributed by atoms with van der Waals surface area (Å²) in [5, 5.41) is 0.834. The number of allylic oxidation sites excluding steroid dienone is 1. The lowest BCUT2D eigenvalue weighted by Crippen LogP contribution is -2.18. The Balaban J connectivity index is 2.04. The van der Waals surface area contributed by atoms with E-state index >= 15 is 0 Å². The molecule has 3 aromatic rings. The van der Waals surface area contributed by atoms with Crippen molar-refractivity contribution in [3.8, 4) is 0 Å². The van der Waals surface area contributed by atoms with Crippen LogP contribution in [0.5, 0.6) is 0 Å². The Kier molecular flexibility index (Phi) is 2.23. The summed E-state index contributed by atoms with van der Waals surface area (Å²) in [5.74, 6) is -0.116. The third-order valence-electron chi connectivity index (χ3n) is 3.27. The lowest BCUT2D eigenvalue weighted by atomic mass is 10.5. The minimum Gasteiger partial charge on any atom is -0.444 e. The van der Waals surface area contributed by atoms with E-state index in [1.165, 1.54) is 17.8 Å². The molecule has 3 aromatic heterocycles. The number of ether oxygens (including phenoxy) is 1. The zero-order valence-electron chi connectivity index (χ0n) is 11.0. The lowest BCUT2D eigenvalue weighted by molar-refractivity contribution is -0.144. The quantitative estimate of drug-likeness (QED) is 0.588. The van der Waals surface area contributed by atoms with E-state index in [2.05, 4.69) is 15.0 Å². The maximum absolute atomic E-state index is 12.2. The number of fused-ring (bicyclic) bond motifs is 5. The van der Waals surface area contributed by atoms with Gasteiger partial charge in [-0.05, 0) is 12.2 Å². The normalized spacial score (nSPS) is 12.8. The third-order valence-corrected chi connectivity index (χ3v) is 3.27. The molecule has 0 saturated carbocycles. The van der Waals surface area contributed by atoms with Crippen LogP contribution in [-0.2, 0) is 16.3 Å². The summed E-state index contributed by atoms with van der Waals surface area (Å²) in [6.07, 6.45) is 7.05. The van der Waals surface area contributed by atoms with E-state index in [1.54, 1.807) is 4.40 Å². The molecule has 21 heavy (non-hydrogen) atoms. The molecule has 8 heteroatoms. The Hall–Kier alpha value is -3.03. The van der Waals surface area contributed by atoms with Gasteiger partial charge in [0.2, 0.25) is 5.78 Å². The second-order valence-electron chi connectivity index (χ2n) is 4.61. The maximum atomic E-state index is 12.2. The van der Waals surface area contributed by atoms with E-state index in [1.807, 2.05) is 18.2 Å². The van der Waals surface area contributed by atoms with Crippen molar-refractivity contribution < 1.29 is 9.53 Å². The van der Waals surface area contributed by atoms with Crippen LogP contribution in [0.1, 0.15) is 12.6 Å². The van der Waals surface area contributed by atoms with Crippen molar-refractivity contribution in [2.45, 2.75) is 13.7 Å². The average Bonchev–Trinajstić information content (AvgIpc) is 3.08. The first-order valence-corrected chi connectivity index (χ1v) is 6.24. The molecule has 8 nitrogen and oxygen atoms in total. The average molecular weight is 283 g/mol. The molecule has 1 aliphatic rings. The van der Waals surface area contributed by atoms with Crippen molar-refractivity contribution in [3.05, 3.63) is 33.8 Å². The van der Waals surface area contributed by atoms with Crippen molar-refractivity contribution >= 4 is 35.1 Å². The number of carbonyl (C=O) groups excluding carboxylic acids is 1. The molecule has 0 amide bonds. The molecular weight excluding hydrogens is 274 g/mol. The molecule has 0 aliphatic heterocycles. The van der Waals surface area contributed by atoms with Crippen LogP contribution in [0, 0.1) is 0 Å². The zero-order chi connectivity index (χ0) is 14.6. The van der Waals surface area contributed by atoms with E-state index in [-0.39, 0.29) is 12.2 Å². The van der Waals surface area contributed by atoms with Crippen LogP contribution in [-0.4, -0.2) is 29.9 Å². The predicted molar refractivity (Wildman–Crippen MR) is 73.0 cm³/mol. The Morgan fingerprint density at radius 3 is 3.05 bits per heavy atom. The first-order valence-electron chi connectivity index (χ1n) is 6.24. The first kappa shape index (κ1) is 11.8. The van der Waals surface area contributed by atoms with Crippen molar-refractivity contribution in [2.75, 3.05) is 0 Å². The van der Waals surface area contributed by atoms with Gasteiger partial charge in [-0.25, -0.2) is 9.97 Å². The van der Waals surface area contributed by atoms with Gasteiger partial charge in [0.25, 0.3) is 0 Å². The Morgan fingerprint density at radius 2 is 2.24 bits per heavy atom. The van der Waals surface area contributed by atoms with Crippen LogP contribution in [0.4, 0.5) is 0 Å². The summed E-state index contributed by atoms with van der Waals surface area (Å²) in [6.45, 7) is 1.23. The molecule has 4 rings (SSSR count). The number of esters is 1. The Bertz CT molecular complexity index is 1040. The molecule has 0 radical (unpaired) electrons. The highest BCUT2D eigenvalue weighted by atomic mass is 16.5. The molecule has 0 N–H and O–H groups in total. The Labute approximate surface area is 117 Å². The first-order chi connectivity index (χ1) is 10.1. The predicted octanol–water partition coefficient (Wildman–Crippen LogP) is -0.514. The molecule has 0 aromatic carbocycles. The van der Waals surface area contributed by atoms with Gasteiger partial charge in [0.05, 0.1) is 11.0 Å². The molecule has 1 aliphatic carbocycles. The van der Waals surface area contributed by atoms with E-state index in [4.69, 9.17) is 4.74 Å². The largest absolute Gasteiger partial charge is 0.444 e. The highest BCUT2D eigenvalue weighted by Gasteiger charge is 2.17. The van der Waals surface area contributed by atoms with Crippen LogP contribution in [0.2, 0.25) is 0 Å². The molecule has 0 unspecified atom stereocenters. The van der Waals surface area contributed by atoms with Crippen molar-refractivity contribution in [3.63, 3.8) is 0 Å².